The monoisotopic (exact) mass is 237 g/mol. The van der Waals surface area contributed by atoms with Gasteiger partial charge in [0.15, 0.2) is 0 Å². The first-order valence-corrected chi connectivity index (χ1v) is 4.32. The number of nitrogens with one attached hydrogen (secondary N) is 1. The Morgan fingerprint density at radius 3 is 2.31 bits per heavy atom. The molecule has 0 unspecified atom stereocenters. The van der Waals surface area contributed by atoms with Crippen LogP contribution in [0.25, 0.3) is 0 Å². The Bertz CT molecular complexity index is 248. The summed E-state index contributed by atoms with van der Waals surface area (Å²) in [6.45, 7) is -0.776. The molecule has 0 aliphatic carbocycles. The molecular formula is C7H15N3O6. The molecule has 2 amide bonds. The van der Waals surface area contributed by atoms with Crippen LogP contribution in [0.3, 0.4) is 0 Å². The van der Waals surface area contributed by atoms with Gasteiger partial charge in [-0.1, -0.05) is 0 Å². The molecule has 16 heavy (non-hydrogen) atoms. The van der Waals surface area contributed by atoms with Gasteiger partial charge in [-0.15, -0.1) is 0 Å². The number of carbonyl (C=O) groups is 1. The van der Waals surface area contributed by atoms with E-state index in [2.05, 4.69) is 10.8 Å². The van der Waals surface area contributed by atoms with Gasteiger partial charge < -0.3 is 31.3 Å². The number of nitrogens with two attached hydrogens (primary N) is 1. The van der Waals surface area contributed by atoms with Gasteiger partial charge >= 0.3 is 6.03 Å². The number of urea groups is 1. The fraction of sp³-hybridized carbons (Fsp3) is 0.714. The number of hydrazone groups is 1. The molecule has 8 N–H and O–H groups in total. The minimum absolute atomic E-state index is 0.711. The molecule has 0 bridgehead atoms. The van der Waals surface area contributed by atoms with E-state index < -0.39 is 37.1 Å². The molecule has 0 aliphatic rings. The van der Waals surface area contributed by atoms with Crippen molar-refractivity contribution in [3.63, 3.8) is 0 Å². The molecule has 0 aromatic carbocycles. The number of hydrogen-bond acceptors (Lipinski definition) is 7. The third-order valence-electron chi connectivity index (χ3n) is 1.68. The maximum atomic E-state index is 10.2. The van der Waals surface area contributed by atoms with E-state index in [1.807, 2.05) is 0 Å². The quantitative estimate of drug-likeness (QED) is 0.184. The summed E-state index contributed by atoms with van der Waals surface area (Å²) in [6.07, 6.45) is -6.03. The van der Waals surface area contributed by atoms with Crippen molar-refractivity contribution >= 4 is 12.2 Å². The summed E-state index contributed by atoms with van der Waals surface area (Å²) in [5, 5.41) is 48.2. The van der Waals surface area contributed by atoms with E-state index in [4.69, 9.17) is 10.2 Å². The normalized spacial score (nSPS) is 19.1. The standard InChI is InChI=1S/C7H15N3O6/c8-7(16)10-9-1-3(12)5(14)6(15)4(13)2-11/h1,3-6,11-15H,2H2,(H3,8,10,16)/b9-1-/t3-,4+,5-,6+/m1/s1. The Kier molecular flexibility index (Phi) is 6.53. The summed E-state index contributed by atoms with van der Waals surface area (Å²) < 4.78 is 0. The van der Waals surface area contributed by atoms with E-state index in [0.29, 0.717) is 6.21 Å². The van der Waals surface area contributed by atoms with E-state index in [0.717, 1.165) is 0 Å². The SMILES string of the molecule is NC(=O)N/N=C\[C@@H](O)[C@@H](O)[C@@H](O)[C@@H](O)CO. The number of aliphatic hydroxyl groups excluding tert-OH is 5. The maximum Gasteiger partial charge on any atom is 0.332 e. The predicted octanol–water partition coefficient (Wildman–Crippen LogP) is -3.92. The highest BCUT2D eigenvalue weighted by Crippen LogP contribution is 2.03. The maximum absolute atomic E-state index is 10.2. The average molecular weight is 237 g/mol. The van der Waals surface area contributed by atoms with Crippen LogP contribution < -0.4 is 11.2 Å². The molecule has 0 heterocycles. The summed E-state index contributed by atoms with van der Waals surface area (Å²) in [5.74, 6) is 0. The van der Waals surface area contributed by atoms with E-state index in [9.17, 15) is 20.1 Å². The zero-order valence-electron chi connectivity index (χ0n) is 8.26. The van der Waals surface area contributed by atoms with Gasteiger partial charge in [-0.2, -0.15) is 5.10 Å². The lowest BCUT2D eigenvalue weighted by Gasteiger charge is -2.23. The Labute approximate surface area is 90.8 Å². The van der Waals surface area contributed by atoms with Crippen LogP contribution in [-0.4, -0.2) is 68.8 Å². The van der Waals surface area contributed by atoms with E-state index >= 15 is 0 Å². The van der Waals surface area contributed by atoms with Crippen LogP contribution in [0.2, 0.25) is 0 Å². The van der Waals surface area contributed by atoms with E-state index in [1.54, 1.807) is 5.43 Å². The van der Waals surface area contributed by atoms with Crippen LogP contribution in [0.5, 0.6) is 0 Å². The van der Waals surface area contributed by atoms with Crippen LogP contribution in [0.15, 0.2) is 5.10 Å². The highest BCUT2D eigenvalue weighted by molar-refractivity contribution is 5.73. The Morgan fingerprint density at radius 2 is 1.88 bits per heavy atom. The molecule has 0 radical (unpaired) electrons. The molecule has 9 nitrogen and oxygen atoms in total. The van der Waals surface area contributed by atoms with Crippen LogP contribution in [0.1, 0.15) is 0 Å². The number of amides is 2. The van der Waals surface area contributed by atoms with Crippen molar-refractivity contribution in [3.8, 4) is 0 Å². The second-order valence-electron chi connectivity index (χ2n) is 2.98. The van der Waals surface area contributed by atoms with Gasteiger partial charge in [-0.05, 0) is 0 Å². The van der Waals surface area contributed by atoms with Crippen molar-refractivity contribution in [2.24, 2.45) is 10.8 Å². The molecule has 0 saturated heterocycles. The number of rotatable bonds is 6. The molecule has 9 heteroatoms. The first-order chi connectivity index (χ1) is 7.40. The van der Waals surface area contributed by atoms with Crippen molar-refractivity contribution in [3.05, 3.63) is 0 Å². The Balaban J connectivity index is 4.21. The second kappa shape index (κ2) is 7.09. The highest BCUT2D eigenvalue weighted by atomic mass is 16.4. The summed E-state index contributed by atoms with van der Waals surface area (Å²) in [7, 11) is 0. The summed E-state index contributed by atoms with van der Waals surface area (Å²) in [6, 6.07) is -0.964. The van der Waals surface area contributed by atoms with Gasteiger partial charge in [-0.25, -0.2) is 10.2 Å². The van der Waals surface area contributed by atoms with Gasteiger partial charge in [0.2, 0.25) is 0 Å². The smallest absolute Gasteiger partial charge is 0.332 e. The number of nitrogens with zero attached hydrogens (tertiary/aromatic N) is 1. The zero-order chi connectivity index (χ0) is 12.7. The van der Waals surface area contributed by atoms with Gasteiger partial charge in [0.05, 0.1) is 12.8 Å². The minimum atomic E-state index is -1.76. The molecule has 0 fully saturated rings. The first-order valence-electron chi connectivity index (χ1n) is 4.32. The predicted molar refractivity (Wildman–Crippen MR) is 52.3 cm³/mol. The fourth-order valence-corrected chi connectivity index (χ4v) is 0.803. The lowest BCUT2D eigenvalue weighted by atomic mass is 10.0. The number of hydrogen-bond donors (Lipinski definition) is 7. The van der Waals surface area contributed by atoms with Gasteiger partial charge in [0.25, 0.3) is 0 Å². The first kappa shape index (κ1) is 14.7. The highest BCUT2D eigenvalue weighted by Gasteiger charge is 2.29. The van der Waals surface area contributed by atoms with Crippen LogP contribution in [0.4, 0.5) is 4.79 Å². The van der Waals surface area contributed by atoms with Crippen molar-refractivity contribution in [1.82, 2.24) is 5.43 Å². The molecule has 0 spiro atoms. The number of primary amides is 1. The fourth-order valence-electron chi connectivity index (χ4n) is 0.803. The summed E-state index contributed by atoms with van der Waals surface area (Å²) in [4.78, 5) is 10.2. The average Bonchev–Trinajstić information content (AvgIpc) is 2.25. The van der Waals surface area contributed by atoms with Crippen molar-refractivity contribution < 1.29 is 30.3 Å². The largest absolute Gasteiger partial charge is 0.394 e. The summed E-state index contributed by atoms with van der Waals surface area (Å²) in [5.41, 5.74) is 6.41. The molecule has 0 saturated carbocycles. The van der Waals surface area contributed by atoms with E-state index in [1.165, 1.54) is 0 Å². The number of aliphatic hydroxyl groups is 5. The van der Waals surface area contributed by atoms with Gasteiger partial charge in [-0.3, -0.25) is 0 Å². The van der Waals surface area contributed by atoms with Crippen molar-refractivity contribution in [2.75, 3.05) is 6.61 Å². The molecular weight excluding hydrogens is 222 g/mol. The van der Waals surface area contributed by atoms with Gasteiger partial charge in [0.1, 0.15) is 24.4 Å². The lowest BCUT2D eigenvalue weighted by Crippen LogP contribution is -2.46. The molecule has 0 aliphatic heterocycles. The molecule has 0 aromatic rings. The third kappa shape index (κ3) is 5.00. The summed E-state index contributed by atoms with van der Waals surface area (Å²) >= 11 is 0. The Hall–Kier alpha value is -1.26. The molecule has 0 rings (SSSR count). The minimum Gasteiger partial charge on any atom is -0.394 e. The van der Waals surface area contributed by atoms with Crippen molar-refractivity contribution in [1.29, 1.82) is 0 Å². The lowest BCUT2D eigenvalue weighted by molar-refractivity contribution is -0.0999. The molecule has 4 atom stereocenters. The van der Waals surface area contributed by atoms with Crippen LogP contribution in [-0.2, 0) is 0 Å². The van der Waals surface area contributed by atoms with Crippen molar-refractivity contribution in [2.45, 2.75) is 24.4 Å². The Morgan fingerprint density at radius 1 is 1.31 bits per heavy atom. The van der Waals surface area contributed by atoms with E-state index in [-0.39, 0.29) is 0 Å². The second-order valence-corrected chi connectivity index (χ2v) is 2.98. The van der Waals surface area contributed by atoms with Crippen LogP contribution in [0, 0.1) is 0 Å². The third-order valence-corrected chi connectivity index (χ3v) is 1.68. The van der Waals surface area contributed by atoms with Gasteiger partial charge in [0, 0.05) is 0 Å². The molecule has 94 valence electrons. The number of carbonyl (C=O) groups excluding carboxylic acids is 1. The molecule has 0 aromatic heterocycles. The zero-order valence-corrected chi connectivity index (χ0v) is 8.26. The van der Waals surface area contributed by atoms with Crippen LogP contribution >= 0.6 is 0 Å². The topological polar surface area (TPSA) is 169 Å².